The summed E-state index contributed by atoms with van der Waals surface area (Å²) >= 11 is 5.70. The van der Waals surface area contributed by atoms with E-state index in [1.54, 1.807) is 0 Å². The molecule has 1 N–H and O–H groups in total. The highest BCUT2D eigenvalue weighted by Crippen LogP contribution is 2.41. The summed E-state index contributed by atoms with van der Waals surface area (Å²) in [6.45, 7) is 0.803. The molecule has 24 heavy (non-hydrogen) atoms. The smallest absolute Gasteiger partial charge is 0.418 e. The highest BCUT2D eigenvalue weighted by atomic mass is 35.5. The fourth-order valence-corrected chi connectivity index (χ4v) is 4.05. The third-order valence-electron chi connectivity index (χ3n) is 4.84. The molecule has 1 aromatic rings. The van der Waals surface area contributed by atoms with Gasteiger partial charge in [-0.2, -0.15) is 13.2 Å². The number of hydrogen-bond donors (Lipinski definition) is 1. The van der Waals surface area contributed by atoms with Gasteiger partial charge >= 0.3 is 12.3 Å². The van der Waals surface area contributed by atoms with Crippen LogP contribution in [0, 0.1) is 11.8 Å². The number of halogens is 4. The second kappa shape index (κ2) is 6.44. The molecule has 1 saturated heterocycles. The molecule has 0 spiro atoms. The van der Waals surface area contributed by atoms with Crippen molar-refractivity contribution in [1.29, 1.82) is 0 Å². The molecule has 1 aliphatic heterocycles. The molecule has 0 radical (unpaired) electrons. The molecule has 132 valence electrons. The second-order valence-corrected chi connectivity index (χ2v) is 6.79. The Morgan fingerprint density at radius 3 is 2.46 bits per heavy atom. The summed E-state index contributed by atoms with van der Waals surface area (Å²) < 4.78 is 45.0. The van der Waals surface area contributed by atoms with E-state index in [0.717, 1.165) is 0 Å². The van der Waals surface area contributed by atoms with Crippen molar-refractivity contribution in [3.05, 3.63) is 34.3 Å². The normalized spacial score (nSPS) is 26.7. The molecule has 1 heterocycles. The summed E-state index contributed by atoms with van der Waals surface area (Å²) in [6, 6.07) is 4.06. The van der Waals surface area contributed by atoms with E-state index >= 15 is 0 Å². The van der Waals surface area contributed by atoms with E-state index in [1.807, 2.05) is 0 Å². The van der Waals surface area contributed by atoms with Gasteiger partial charge in [-0.25, -0.2) is 4.79 Å². The van der Waals surface area contributed by atoms with Gasteiger partial charge in [-0.3, -0.25) is 0 Å². The molecule has 4 nitrogen and oxygen atoms in total. The fourth-order valence-electron chi connectivity index (χ4n) is 3.75. The summed E-state index contributed by atoms with van der Waals surface area (Å²) in [5.74, 6) is 0.458. The minimum atomic E-state index is -4.52. The van der Waals surface area contributed by atoms with Crippen molar-refractivity contribution in [2.45, 2.75) is 31.7 Å². The number of alkyl halides is 3. The molecule has 1 amide bonds. The molecule has 3 rings (SSSR count). The number of carbonyl (C=O) groups is 1. The molecule has 2 fully saturated rings. The van der Waals surface area contributed by atoms with E-state index in [0.29, 0.717) is 25.9 Å². The van der Waals surface area contributed by atoms with Crippen molar-refractivity contribution in [2.75, 3.05) is 13.1 Å². The Morgan fingerprint density at radius 1 is 1.29 bits per heavy atom. The third-order valence-corrected chi connectivity index (χ3v) is 5.15. The Hall–Kier alpha value is -1.47. The number of carboxylic acid groups (broad SMARTS) is 1. The topological polar surface area (TPSA) is 49.8 Å². The van der Waals surface area contributed by atoms with Gasteiger partial charge in [0, 0.05) is 13.1 Å². The number of fused-ring (bicyclic) bond motifs is 1. The van der Waals surface area contributed by atoms with Crippen molar-refractivity contribution in [2.24, 2.45) is 11.8 Å². The molecule has 0 bridgehead atoms. The average Bonchev–Trinajstić information content (AvgIpc) is 3.01. The lowest BCUT2D eigenvalue weighted by molar-refractivity contribution is -0.139. The SMILES string of the molecule is O=C(O)N1C[C@H]2CC(OCc3cccc(Cl)c3C(F)(F)F)C[C@H]2C1. The maximum Gasteiger partial charge on any atom is 0.418 e. The molecule has 1 saturated carbocycles. The zero-order valence-corrected chi connectivity index (χ0v) is 13.5. The third kappa shape index (κ3) is 3.47. The van der Waals surface area contributed by atoms with Gasteiger partial charge in [-0.15, -0.1) is 0 Å². The van der Waals surface area contributed by atoms with Crippen LogP contribution < -0.4 is 0 Å². The second-order valence-electron chi connectivity index (χ2n) is 6.38. The number of nitrogens with zero attached hydrogens (tertiary/aromatic N) is 1. The van der Waals surface area contributed by atoms with Crippen molar-refractivity contribution in [1.82, 2.24) is 4.90 Å². The Balaban J connectivity index is 1.61. The molecule has 1 unspecified atom stereocenters. The van der Waals surface area contributed by atoms with Crippen LogP contribution in [0.25, 0.3) is 0 Å². The van der Waals surface area contributed by atoms with E-state index in [1.165, 1.54) is 23.1 Å². The van der Waals surface area contributed by atoms with Crippen molar-refractivity contribution >= 4 is 17.7 Å². The van der Waals surface area contributed by atoms with Crippen LogP contribution in [0.2, 0.25) is 5.02 Å². The van der Waals surface area contributed by atoms with Crippen molar-refractivity contribution in [3.63, 3.8) is 0 Å². The summed E-state index contributed by atoms with van der Waals surface area (Å²) in [5, 5.41) is 8.67. The molecule has 1 aromatic carbocycles. The van der Waals surface area contributed by atoms with Gasteiger partial charge in [-0.05, 0) is 36.3 Å². The van der Waals surface area contributed by atoms with Gasteiger partial charge in [0.2, 0.25) is 0 Å². The molecular formula is C16H17ClF3NO3. The Kier molecular flexibility index (Phi) is 4.66. The largest absolute Gasteiger partial charge is 0.465 e. The van der Waals surface area contributed by atoms with Gasteiger partial charge < -0.3 is 14.7 Å². The van der Waals surface area contributed by atoms with Crippen LogP contribution in [0.4, 0.5) is 18.0 Å². The van der Waals surface area contributed by atoms with Crippen LogP contribution in [0.15, 0.2) is 18.2 Å². The minimum absolute atomic E-state index is 0.0271. The lowest BCUT2D eigenvalue weighted by atomic mass is 10.0. The van der Waals surface area contributed by atoms with Crippen LogP contribution in [0.1, 0.15) is 24.0 Å². The number of ether oxygens (including phenoxy) is 1. The standard InChI is InChI=1S/C16H17ClF3NO3/c17-13-3-1-2-9(14(13)16(18,19)20)8-24-12-4-10-6-21(15(22)23)7-11(10)5-12/h1-3,10-12H,4-8H2,(H,22,23)/t10-,11+,12?. The van der Waals surface area contributed by atoms with E-state index in [2.05, 4.69) is 0 Å². The van der Waals surface area contributed by atoms with E-state index < -0.39 is 17.8 Å². The summed E-state index contributed by atoms with van der Waals surface area (Å²) in [4.78, 5) is 12.4. The first-order chi connectivity index (χ1) is 11.3. The highest BCUT2D eigenvalue weighted by Gasteiger charge is 2.43. The predicted octanol–water partition coefficient (Wildman–Crippen LogP) is 4.26. The van der Waals surface area contributed by atoms with E-state index in [4.69, 9.17) is 21.4 Å². The maximum absolute atomic E-state index is 13.1. The molecule has 1 aliphatic carbocycles. The van der Waals surface area contributed by atoms with Gasteiger partial charge in [0.1, 0.15) is 0 Å². The van der Waals surface area contributed by atoms with Crippen LogP contribution in [-0.4, -0.2) is 35.3 Å². The fraction of sp³-hybridized carbons (Fsp3) is 0.562. The number of amides is 1. The van der Waals surface area contributed by atoms with E-state index in [-0.39, 0.29) is 35.1 Å². The molecular weight excluding hydrogens is 347 g/mol. The van der Waals surface area contributed by atoms with Gasteiger partial charge in [0.25, 0.3) is 0 Å². The molecule has 2 aliphatic rings. The summed E-state index contributed by atoms with van der Waals surface area (Å²) in [5.41, 5.74) is -0.818. The number of benzene rings is 1. The zero-order valence-electron chi connectivity index (χ0n) is 12.7. The number of hydrogen-bond acceptors (Lipinski definition) is 2. The van der Waals surface area contributed by atoms with Gasteiger partial charge in [-0.1, -0.05) is 23.7 Å². The molecule has 3 atom stereocenters. The van der Waals surface area contributed by atoms with Crippen LogP contribution >= 0.6 is 11.6 Å². The average molecular weight is 364 g/mol. The summed E-state index contributed by atoms with van der Waals surface area (Å²) in [6.07, 6.45) is -4.23. The number of rotatable bonds is 3. The Labute approximate surface area is 142 Å². The van der Waals surface area contributed by atoms with Crippen molar-refractivity contribution in [3.8, 4) is 0 Å². The lowest BCUT2D eigenvalue weighted by Crippen LogP contribution is -2.28. The highest BCUT2D eigenvalue weighted by molar-refractivity contribution is 6.31. The van der Waals surface area contributed by atoms with Crippen molar-refractivity contribution < 1.29 is 27.8 Å². The lowest BCUT2D eigenvalue weighted by Gasteiger charge is -2.19. The maximum atomic E-state index is 13.1. The van der Waals surface area contributed by atoms with Gasteiger partial charge in [0.05, 0.1) is 23.3 Å². The predicted molar refractivity (Wildman–Crippen MR) is 80.8 cm³/mol. The summed E-state index contributed by atoms with van der Waals surface area (Å²) in [7, 11) is 0. The monoisotopic (exact) mass is 363 g/mol. The van der Waals surface area contributed by atoms with Crippen LogP contribution in [0.3, 0.4) is 0 Å². The quantitative estimate of drug-likeness (QED) is 0.872. The van der Waals surface area contributed by atoms with Crippen LogP contribution in [0.5, 0.6) is 0 Å². The molecule has 0 aromatic heterocycles. The number of likely N-dealkylation sites (tertiary alicyclic amines) is 1. The Bertz CT molecular complexity index is 623. The first-order valence-electron chi connectivity index (χ1n) is 7.69. The zero-order chi connectivity index (χ0) is 17.5. The van der Waals surface area contributed by atoms with E-state index in [9.17, 15) is 18.0 Å². The molecule has 8 heteroatoms. The Morgan fingerprint density at radius 2 is 1.92 bits per heavy atom. The first kappa shape index (κ1) is 17.4. The van der Waals surface area contributed by atoms with Crippen LogP contribution in [-0.2, 0) is 17.5 Å². The first-order valence-corrected chi connectivity index (χ1v) is 8.07. The van der Waals surface area contributed by atoms with Gasteiger partial charge in [0.15, 0.2) is 0 Å². The minimum Gasteiger partial charge on any atom is -0.465 e.